The second kappa shape index (κ2) is 6.71. The maximum atomic E-state index is 11.7. The fourth-order valence-corrected chi connectivity index (χ4v) is 1.52. The molecule has 0 bridgehead atoms. The Bertz CT molecular complexity index is 358. The van der Waals surface area contributed by atoms with Gasteiger partial charge in [-0.05, 0) is 18.9 Å². The van der Waals surface area contributed by atoms with E-state index < -0.39 is 0 Å². The van der Waals surface area contributed by atoms with Crippen LogP contribution in [0.1, 0.15) is 30.1 Å². The summed E-state index contributed by atoms with van der Waals surface area (Å²) in [7, 11) is 0. The lowest BCUT2D eigenvalue weighted by atomic mass is 10.2. The van der Waals surface area contributed by atoms with Crippen LogP contribution in [0.2, 0.25) is 5.02 Å². The zero-order valence-electron chi connectivity index (χ0n) is 9.04. The maximum Gasteiger partial charge on any atom is 0.252 e. The summed E-state index contributed by atoms with van der Waals surface area (Å²) in [5.41, 5.74) is 0.444. The van der Waals surface area contributed by atoms with E-state index in [-0.39, 0.29) is 11.3 Å². The number of hydrogen-bond acceptors (Lipinski definition) is 2. The highest BCUT2D eigenvalue weighted by atomic mass is 35.5. The van der Waals surface area contributed by atoms with Crippen LogP contribution in [0.15, 0.2) is 18.5 Å². The molecule has 0 radical (unpaired) electrons. The SMILES string of the molecule is CCC(Cl)CCNC(=O)c1ccncc1Cl. The van der Waals surface area contributed by atoms with Gasteiger partial charge in [-0.15, -0.1) is 11.6 Å². The minimum absolute atomic E-state index is 0.105. The fraction of sp³-hybridized carbons (Fsp3) is 0.455. The molecule has 1 heterocycles. The van der Waals surface area contributed by atoms with Gasteiger partial charge in [0.25, 0.3) is 5.91 Å². The quantitative estimate of drug-likeness (QED) is 0.828. The molecule has 1 rings (SSSR count). The first-order valence-corrected chi connectivity index (χ1v) is 5.98. The molecule has 0 aliphatic rings. The van der Waals surface area contributed by atoms with Crippen molar-refractivity contribution >= 4 is 29.1 Å². The highest BCUT2D eigenvalue weighted by Crippen LogP contribution is 2.13. The first kappa shape index (κ1) is 13.3. The van der Waals surface area contributed by atoms with Crippen LogP contribution in [-0.4, -0.2) is 22.8 Å². The van der Waals surface area contributed by atoms with Crippen LogP contribution in [0.3, 0.4) is 0 Å². The van der Waals surface area contributed by atoms with Gasteiger partial charge in [0.1, 0.15) is 0 Å². The van der Waals surface area contributed by atoms with Gasteiger partial charge in [0.2, 0.25) is 0 Å². The number of nitrogens with zero attached hydrogens (tertiary/aromatic N) is 1. The molecule has 1 aromatic rings. The zero-order chi connectivity index (χ0) is 12.0. The number of rotatable bonds is 5. The number of alkyl halides is 1. The lowest BCUT2D eigenvalue weighted by Gasteiger charge is -2.08. The van der Waals surface area contributed by atoms with Crippen LogP contribution in [0, 0.1) is 0 Å². The number of pyridine rings is 1. The molecule has 16 heavy (non-hydrogen) atoms. The molecule has 1 amide bonds. The van der Waals surface area contributed by atoms with Crippen LogP contribution < -0.4 is 5.32 Å². The Morgan fingerprint density at radius 3 is 3.00 bits per heavy atom. The normalized spacial score (nSPS) is 12.2. The first-order valence-electron chi connectivity index (χ1n) is 5.17. The molecular weight excluding hydrogens is 247 g/mol. The highest BCUT2D eigenvalue weighted by molar-refractivity contribution is 6.33. The van der Waals surface area contributed by atoms with E-state index in [0.29, 0.717) is 17.1 Å². The van der Waals surface area contributed by atoms with Gasteiger partial charge in [0, 0.05) is 24.3 Å². The molecule has 1 atom stereocenters. The van der Waals surface area contributed by atoms with Crippen LogP contribution in [0.25, 0.3) is 0 Å². The molecule has 0 aromatic carbocycles. The largest absolute Gasteiger partial charge is 0.352 e. The molecule has 0 aliphatic heterocycles. The number of hydrogen-bond donors (Lipinski definition) is 1. The van der Waals surface area contributed by atoms with Crippen LogP contribution in [0.5, 0.6) is 0 Å². The third-order valence-corrected chi connectivity index (χ3v) is 3.03. The molecule has 0 fully saturated rings. The lowest BCUT2D eigenvalue weighted by molar-refractivity contribution is 0.0953. The minimum atomic E-state index is -0.188. The van der Waals surface area contributed by atoms with Crippen molar-refractivity contribution in [2.24, 2.45) is 0 Å². The molecule has 1 aromatic heterocycles. The molecule has 0 saturated carbocycles. The standard InChI is InChI=1S/C11H14Cl2N2O/c1-2-8(12)3-6-15-11(16)9-4-5-14-7-10(9)13/h4-5,7-8H,2-3,6H2,1H3,(H,15,16). The highest BCUT2D eigenvalue weighted by Gasteiger charge is 2.09. The van der Waals surface area contributed by atoms with Crippen molar-refractivity contribution in [3.8, 4) is 0 Å². The van der Waals surface area contributed by atoms with Crippen LogP contribution >= 0.6 is 23.2 Å². The van der Waals surface area contributed by atoms with Crippen molar-refractivity contribution in [2.45, 2.75) is 25.1 Å². The average molecular weight is 261 g/mol. The van der Waals surface area contributed by atoms with Crippen molar-refractivity contribution in [3.63, 3.8) is 0 Å². The summed E-state index contributed by atoms with van der Waals surface area (Å²) in [6.07, 6.45) is 4.64. The Morgan fingerprint density at radius 1 is 1.62 bits per heavy atom. The second-order valence-electron chi connectivity index (χ2n) is 3.41. The number of carbonyl (C=O) groups is 1. The second-order valence-corrected chi connectivity index (χ2v) is 4.43. The monoisotopic (exact) mass is 260 g/mol. The molecule has 1 N–H and O–H groups in total. The van der Waals surface area contributed by atoms with E-state index in [1.54, 1.807) is 6.07 Å². The number of amides is 1. The van der Waals surface area contributed by atoms with Crippen molar-refractivity contribution < 1.29 is 4.79 Å². The molecule has 0 spiro atoms. The number of nitrogens with one attached hydrogen (secondary N) is 1. The molecule has 88 valence electrons. The fourth-order valence-electron chi connectivity index (χ4n) is 1.20. The van der Waals surface area contributed by atoms with Crippen molar-refractivity contribution in [3.05, 3.63) is 29.0 Å². The van der Waals surface area contributed by atoms with Crippen molar-refractivity contribution in [2.75, 3.05) is 6.54 Å². The third kappa shape index (κ3) is 3.99. The summed E-state index contributed by atoms with van der Waals surface area (Å²) >= 11 is 11.8. The van der Waals surface area contributed by atoms with Gasteiger partial charge in [0.15, 0.2) is 0 Å². The minimum Gasteiger partial charge on any atom is -0.352 e. The van der Waals surface area contributed by atoms with Crippen molar-refractivity contribution in [1.82, 2.24) is 10.3 Å². The topological polar surface area (TPSA) is 42.0 Å². The number of aromatic nitrogens is 1. The van der Waals surface area contributed by atoms with Crippen LogP contribution in [-0.2, 0) is 0 Å². The van der Waals surface area contributed by atoms with Gasteiger partial charge >= 0.3 is 0 Å². The first-order chi connectivity index (χ1) is 7.65. The summed E-state index contributed by atoms with van der Waals surface area (Å²) in [4.78, 5) is 15.5. The van der Waals surface area contributed by atoms with E-state index in [0.717, 1.165) is 12.8 Å². The van der Waals surface area contributed by atoms with E-state index >= 15 is 0 Å². The summed E-state index contributed by atoms with van der Waals surface area (Å²) < 4.78 is 0. The van der Waals surface area contributed by atoms with Crippen molar-refractivity contribution in [1.29, 1.82) is 0 Å². The zero-order valence-corrected chi connectivity index (χ0v) is 10.6. The van der Waals surface area contributed by atoms with E-state index in [9.17, 15) is 4.79 Å². The summed E-state index contributed by atoms with van der Waals surface area (Å²) in [5, 5.41) is 3.23. The van der Waals surface area contributed by atoms with Gasteiger partial charge in [-0.25, -0.2) is 0 Å². The van der Waals surface area contributed by atoms with E-state index in [4.69, 9.17) is 23.2 Å². The Hall–Kier alpha value is -0.800. The maximum absolute atomic E-state index is 11.7. The number of halogens is 2. The van der Waals surface area contributed by atoms with Crippen LogP contribution in [0.4, 0.5) is 0 Å². The van der Waals surface area contributed by atoms with E-state index in [1.807, 2.05) is 6.92 Å². The predicted molar refractivity (Wildman–Crippen MR) is 66.1 cm³/mol. The van der Waals surface area contributed by atoms with Gasteiger partial charge < -0.3 is 5.32 Å². The Balaban J connectivity index is 2.44. The smallest absolute Gasteiger partial charge is 0.252 e. The molecule has 3 nitrogen and oxygen atoms in total. The lowest BCUT2D eigenvalue weighted by Crippen LogP contribution is -2.26. The molecule has 0 saturated heterocycles. The summed E-state index contributed by atoms with van der Waals surface area (Å²) in [6, 6.07) is 1.59. The van der Waals surface area contributed by atoms with Gasteiger partial charge in [0.05, 0.1) is 10.6 Å². The Kier molecular flexibility index (Phi) is 5.56. The molecule has 1 unspecified atom stereocenters. The average Bonchev–Trinajstić information content (AvgIpc) is 2.29. The Morgan fingerprint density at radius 2 is 2.38 bits per heavy atom. The van der Waals surface area contributed by atoms with Gasteiger partial charge in [-0.2, -0.15) is 0 Å². The van der Waals surface area contributed by atoms with E-state index in [1.165, 1.54) is 12.4 Å². The Labute approximate surface area is 105 Å². The molecule has 5 heteroatoms. The van der Waals surface area contributed by atoms with E-state index in [2.05, 4.69) is 10.3 Å². The number of carbonyl (C=O) groups excluding carboxylic acids is 1. The van der Waals surface area contributed by atoms with Gasteiger partial charge in [-0.3, -0.25) is 9.78 Å². The summed E-state index contributed by atoms with van der Waals surface area (Å²) in [6.45, 7) is 2.57. The van der Waals surface area contributed by atoms with Gasteiger partial charge in [-0.1, -0.05) is 18.5 Å². The molecule has 0 aliphatic carbocycles. The molecular formula is C11H14Cl2N2O. The predicted octanol–water partition coefficient (Wildman–Crippen LogP) is 2.87. The third-order valence-electron chi connectivity index (χ3n) is 2.20. The summed E-state index contributed by atoms with van der Waals surface area (Å²) in [5.74, 6) is -0.188.